The molecule has 1 rings (SSSR count). The third-order valence-corrected chi connectivity index (χ3v) is 4.19. The molecule has 1 saturated heterocycles. The normalized spacial score (nSPS) is 21.8. The number of hydrogen-bond donors (Lipinski definition) is 1. The van der Waals surface area contributed by atoms with E-state index in [1.165, 1.54) is 0 Å². The van der Waals surface area contributed by atoms with Gasteiger partial charge in [-0.1, -0.05) is 34.6 Å². The van der Waals surface area contributed by atoms with Gasteiger partial charge in [0, 0.05) is 14.0 Å². The van der Waals surface area contributed by atoms with Gasteiger partial charge in [-0.2, -0.15) is 0 Å². The van der Waals surface area contributed by atoms with E-state index in [0.29, 0.717) is 0 Å². The first-order chi connectivity index (χ1) is 10.3. The molecule has 0 aromatic carbocycles. The molecule has 1 heterocycles. The van der Waals surface area contributed by atoms with E-state index < -0.39 is 12.1 Å². The van der Waals surface area contributed by atoms with E-state index in [2.05, 4.69) is 5.32 Å². The largest absolute Gasteiger partial charge is 0.447 e. The summed E-state index contributed by atoms with van der Waals surface area (Å²) in [5, 5.41) is 2.75. The maximum atomic E-state index is 12.5. The molecule has 0 spiro atoms. The molecule has 0 aliphatic carbocycles. The lowest BCUT2D eigenvalue weighted by atomic mass is 9.80. The van der Waals surface area contributed by atoms with Crippen molar-refractivity contribution < 1.29 is 20.5 Å². The summed E-state index contributed by atoms with van der Waals surface area (Å²) in [6.45, 7) is 10.7. The molecule has 0 bridgehead atoms. The number of nitrogens with one attached hydrogen (secondary N) is 1. The molecule has 22 heavy (non-hydrogen) atoms. The molecule has 0 aromatic heterocycles. The highest BCUT2D eigenvalue weighted by Crippen LogP contribution is 2.23. The molecule has 3 unspecified atom stereocenters. The number of ether oxygens (including phenoxy) is 2. The predicted molar refractivity (Wildman–Crippen MR) is 87.9 cm³/mol. The Labute approximate surface area is 135 Å². The lowest BCUT2D eigenvalue weighted by Crippen LogP contribution is -2.51. The van der Waals surface area contributed by atoms with Crippen LogP contribution in [0.25, 0.3) is 0 Å². The fraction of sp³-hybridized carbons (Fsp3) is 0.882. The minimum atomic E-state index is -0.540. The predicted octanol–water partition coefficient (Wildman–Crippen LogP) is 3.56. The quantitative estimate of drug-likeness (QED) is 0.814. The summed E-state index contributed by atoms with van der Waals surface area (Å²) in [5.41, 5.74) is -0.346. The van der Waals surface area contributed by atoms with Gasteiger partial charge in [0.1, 0.15) is 6.61 Å². The van der Waals surface area contributed by atoms with Gasteiger partial charge < -0.3 is 14.8 Å². The first kappa shape index (κ1) is 18.9. The summed E-state index contributed by atoms with van der Waals surface area (Å²) in [7, 11) is 0. The van der Waals surface area contributed by atoms with Crippen LogP contribution in [0.1, 0.15) is 61.7 Å². The van der Waals surface area contributed by atoms with E-state index in [1.54, 1.807) is 0 Å². The van der Waals surface area contributed by atoms with Crippen LogP contribution in [0.3, 0.4) is 0 Å². The first-order valence-corrected chi connectivity index (χ1v) is 8.34. The van der Waals surface area contributed by atoms with Gasteiger partial charge in [0.2, 0.25) is 0 Å². The van der Waals surface area contributed by atoms with Crippen molar-refractivity contribution in [2.24, 2.45) is 11.3 Å². The molecular weight excluding hydrogens is 282 g/mol. The third kappa shape index (κ3) is 5.95. The molecule has 0 saturated carbocycles. The van der Waals surface area contributed by atoms with Gasteiger partial charge >= 0.3 is 6.09 Å². The molecule has 0 radical (unpaired) electrons. The average Bonchev–Trinajstić information content (AvgIpc) is 2.49. The lowest BCUT2D eigenvalue weighted by Gasteiger charge is -2.32. The number of carbonyl (C=O) groups is 2. The van der Waals surface area contributed by atoms with Crippen molar-refractivity contribution in [2.75, 3.05) is 13.2 Å². The second-order valence-corrected chi connectivity index (χ2v) is 7.24. The molecule has 5 heteroatoms. The van der Waals surface area contributed by atoms with Gasteiger partial charge in [-0.25, -0.2) is 4.79 Å². The van der Waals surface area contributed by atoms with E-state index in [0.717, 1.165) is 32.3 Å². The van der Waals surface area contributed by atoms with Crippen molar-refractivity contribution in [3.05, 3.63) is 0 Å². The van der Waals surface area contributed by atoms with Gasteiger partial charge in [0.05, 0.1) is 12.1 Å². The minimum absolute atomic E-state index is 0. The second kappa shape index (κ2) is 8.51. The van der Waals surface area contributed by atoms with Crippen LogP contribution in [-0.4, -0.2) is 37.2 Å². The van der Waals surface area contributed by atoms with Gasteiger partial charge in [0.25, 0.3) is 0 Å². The first-order valence-electron chi connectivity index (χ1n) is 8.34. The Kier molecular flexibility index (Phi) is 7.33. The number of ketones is 1. The smallest absolute Gasteiger partial charge is 0.407 e. The van der Waals surface area contributed by atoms with Crippen LogP contribution < -0.4 is 5.32 Å². The van der Waals surface area contributed by atoms with Crippen LogP contribution in [0.2, 0.25) is 0 Å². The van der Waals surface area contributed by atoms with E-state index in [-0.39, 0.29) is 31.3 Å². The van der Waals surface area contributed by atoms with Crippen molar-refractivity contribution in [1.82, 2.24) is 5.32 Å². The van der Waals surface area contributed by atoms with Crippen molar-refractivity contribution in [3.63, 3.8) is 0 Å². The molecule has 1 aliphatic heterocycles. The van der Waals surface area contributed by atoms with Crippen LogP contribution in [0.4, 0.5) is 4.79 Å². The number of amides is 1. The minimum Gasteiger partial charge on any atom is -0.447 e. The highest BCUT2D eigenvalue weighted by molar-refractivity contribution is 5.89. The van der Waals surface area contributed by atoms with Gasteiger partial charge in [-0.05, 0) is 31.1 Å². The Morgan fingerprint density at radius 2 is 2.05 bits per heavy atom. The van der Waals surface area contributed by atoms with Gasteiger partial charge in [-0.3, -0.25) is 4.79 Å². The maximum absolute atomic E-state index is 12.5. The van der Waals surface area contributed by atoms with Crippen molar-refractivity contribution in [3.8, 4) is 0 Å². The number of carbonyl (C=O) groups excluding carboxylic acids is 2. The summed E-state index contributed by atoms with van der Waals surface area (Å²) in [5.74, 6) is -0.0212. The molecule has 1 aliphatic rings. The van der Waals surface area contributed by atoms with Crippen LogP contribution >= 0.6 is 0 Å². The summed E-state index contributed by atoms with van der Waals surface area (Å²) < 4.78 is 10.8. The summed E-state index contributed by atoms with van der Waals surface area (Å²) in [6, 6.07) is -0.540. The molecule has 1 amide bonds. The highest BCUT2D eigenvalue weighted by Gasteiger charge is 2.35. The molecule has 130 valence electrons. The summed E-state index contributed by atoms with van der Waals surface area (Å²) in [6.07, 6.45) is 3.30. The third-order valence-electron chi connectivity index (χ3n) is 4.19. The van der Waals surface area contributed by atoms with E-state index in [1.807, 2.05) is 34.6 Å². The maximum Gasteiger partial charge on any atom is 0.407 e. The monoisotopic (exact) mass is 315 g/mol. The Morgan fingerprint density at radius 3 is 2.55 bits per heavy atom. The fourth-order valence-corrected chi connectivity index (χ4v) is 2.47. The fourth-order valence-electron chi connectivity index (χ4n) is 2.47. The highest BCUT2D eigenvalue weighted by atomic mass is 16.6. The molecule has 5 nitrogen and oxygen atoms in total. The van der Waals surface area contributed by atoms with E-state index in [9.17, 15) is 9.59 Å². The summed E-state index contributed by atoms with van der Waals surface area (Å²) in [4.78, 5) is 24.5. The zero-order chi connectivity index (χ0) is 16.8. The van der Waals surface area contributed by atoms with Crippen molar-refractivity contribution in [1.29, 1.82) is 0 Å². The zero-order valence-corrected chi connectivity index (χ0v) is 14.6. The standard InChI is InChI=1S/C17H31NO4.H2/c1-6-12(2)14(19)15(17(3,4)5)18-16(20)22-11-13-9-7-8-10-21-13;/h12-13,15H,6-11H2,1-5H3,(H,18,20);1H. The number of alkyl carbamates (subject to hydrolysis) is 1. The van der Waals surface area contributed by atoms with E-state index >= 15 is 0 Å². The van der Waals surface area contributed by atoms with Crippen LogP contribution in [0, 0.1) is 11.3 Å². The van der Waals surface area contributed by atoms with Crippen LogP contribution in [0.15, 0.2) is 0 Å². The summed E-state index contributed by atoms with van der Waals surface area (Å²) >= 11 is 0. The van der Waals surface area contributed by atoms with Crippen LogP contribution in [0.5, 0.6) is 0 Å². The van der Waals surface area contributed by atoms with Gasteiger partial charge in [0.15, 0.2) is 5.78 Å². The average molecular weight is 315 g/mol. The van der Waals surface area contributed by atoms with Crippen molar-refractivity contribution >= 4 is 11.9 Å². The van der Waals surface area contributed by atoms with Gasteiger partial charge in [-0.15, -0.1) is 0 Å². The number of Topliss-reactive ketones (excluding diaryl/α,β-unsaturated/α-hetero) is 1. The Balaban J connectivity index is 0.00000484. The lowest BCUT2D eigenvalue weighted by molar-refractivity contribution is -0.126. The Bertz CT molecular complexity index is 375. The van der Waals surface area contributed by atoms with Crippen LogP contribution in [-0.2, 0) is 14.3 Å². The number of hydrogen-bond acceptors (Lipinski definition) is 4. The molecule has 1 fully saturated rings. The number of rotatable bonds is 6. The van der Waals surface area contributed by atoms with Crippen molar-refractivity contribution in [2.45, 2.75) is 72.4 Å². The molecule has 3 atom stereocenters. The second-order valence-electron chi connectivity index (χ2n) is 7.24. The topological polar surface area (TPSA) is 64.6 Å². The Hall–Kier alpha value is -1.10. The van der Waals surface area contributed by atoms with E-state index in [4.69, 9.17) is 9.47 Å². The SMILES string of the molecule is CCC(C)C(=O)C(NC(=O)OCC1CCCCO1)C(C)(C)C.[HH]. The molecule has 0 aromatic rings. The molecule has 1 N–H and O–H groups in total. The zero-order valence-electron chi connectivity index (χ0n) is 14.6. The molecular formula is C17H33NO4. The Morgan fingerprint density at radius 1 is 1.36 bits per heavy atom.